The summed E-state index contributed by atoms with van der Waals surface area (Å²) in [5.41, 5.74) is 0. The third-order valence-corrected chi connectivity index (χ3v) is 0.530. The number of hydrogen-bond acceptors (Lipinski definition) is 1. The third kappa shape index (κ3) is 3.96. The molecular weight excluding hydrogens is 74.1 g/mol. The van der Waals surface area contributed by atoms with Crippen LogP contribution in [-0.4, -0.2) is 13.6 Å². The molecule has 0 unspecified atom stereocenters. The molecule has 0 aromatic rings. The Kier molecular flexibility index (Phi) is 3.14. The highest BCUT2D eigenvalue weighted by molar-refractivity contribution is 4.77. The lowest BCUT2D eigenvalue weighted by atomic mass is 10.2. The molecule has 0 atom stereocenters. The molecule has 0 rings (SSSR count). The average Bonchev–Trinajstić information content (AvgIpc) is 1.35. The maximum Gasteiger partial charge on any atom is 0.000510 e. The molecular formula is C5H12N. The summed E-state index contributed by atoms with van der Waals surface area (Å²) in [4.78, 5) is 0. The molecule has 0 aliphatic carbocycles. The summed E-state index contributed by atoms with van der Waals surface area (Å²) in [7, 11) is 1.95. The third-order valence-electron chi connectivity index (χ3n) is 0.530. The fraction of sp³-hybridized carbons (Fsp3) is 0.800. The summed E-state index contributed by atoms with van der Waals surface area (Å²) in [5.74, 6) is 1.43. The van der Waals surface area contributed by atoms with Crippen LogP contribution in [0, 0.1) is 5.92 Å². The highest BCUT2D eigenvalue weighted by Crippen LogP contribution is 1.87. The number of hydrogen-bond donors (Lipinski definition) is 1. The summed E-state index contributed by atoms with van der Waals surface area (Å²) in [6, 6.07) is 0. The maximum atomic E-state index is 3.03. The summed E-state index contributed by atoms with van der Waals surface area (Å²) in [5, 5.41) is 3.03. The minimum Gasteiger partial charge on any atom is -0.319 e. The Labute approximate surface area is 39.7 Å². The van der Waals surface area contributed by atoms with E-state index in [1.54, 1.807) is 0 Å². The molecule has 37 valence electrons. The van der Waals surface area contributed by atoms with Crippen LogP contribution in [0.2, 0.25) is 0 Å². The Morgan fingerprint density at radius 3 is 2.00 bits per heavy atom. The molecule has 0 aromatic heterocycles. The Morgan fingerprint density at radius 1 is 1.50 bits per heavy atom. The zero-order valence-electron chi connectivity index (χ0n) is 4.71. The van der Waals surface area contributed by atoms with Crippen molar-refractivity contribution in [1.82, 2.24) is 5.32 Å². The first-order valence-electron chi connectivity index (χ1n) is 2.21. The second-order valence-corrected chi connectivity index (χ2v) is 1.74. The number of rotatable bonds is 2. The molecule has 0 saturated heterocycles. The van der Waals surface area contributed by atoms with E-state index in [4.69, 9.17) is 0 Å². The predicted octanol–water partition coefficient (Wildman–Crippen LogP) is 0.820. The summed E-state index contributed by atoms with van der Waals surface area (Å²) < 4.78 is 0. The van der Waals surface area contributed by atoms with E-state index < -0.39 is 0 Å². The van der Waals surface area contributed by atoms with Crippen LogP contribution in [0.15, 0.2) is 0 Å². The molecule has 0 amide bonds. The molecule has 0 aliphatic rings. The summed E-state index contributed by atoms with van der Waals surface area (Å²) >= 11 is 0. The standard InChI is InChI=1S/C5H12N/c1-5(2)4-6-3/h6H,4H2,1-3H3. The SMILES string of the molecule is CNC[C](C)C. The Bertz CT molecular complexity index is 25.1. The van der Waals surface area contributed by atoms with Crippen LogP contribution in [-0.2, 0) is 0 Å². The first kappa shape index (κ1) is 5.96. The normalized spacial score (nSPS) is 10.0. The van der Waals surface area contributed by atoms with Crippen LogP contribution in [0.3, 0.4) is 0 Å². The maximum absolute atomic E-state index is 3.03. The predicted molar refractivity (Wildman–Crippen MR) is 28.5 cm³/mol. The van der Waals surface area contributed by atoms with Gasteiger partial charge in [-0.25, -0.2) is 0 Å². The molecule has 1 radical (unpaired) electrons. The van der Waals surface area contributed by atoms with Gasteiger partial charge in [0, 0.05) is 6.54 Å². The van der Waals surface area contributed by atoms with Gasteiger partial charge in [-0.05, 0) is 13.0 Å². The van der Waals surface area contributed by atoms with Gasteiger partial charge in [-0.2, -0.15) is 0 Å². The van der Waals surface area contributed by atoms with Gasteiger partial charge < -0.3 is 5.32 Å². The van der Waals surface area contributed by atoms with Crippen molar-refractivity contribution in [2.24, 2.45) is 0 Å². The van der Waals surface area contributed by atoms with Gasteiger partial charge in [-0.15, -0.1) is 0 Å². The molecule has 0 saturated carbocycles. The van der Waals surface area contributed by atoms with Gasteiger partial charge in [0.1, 0.15) is 0 Å². The number of nitrogens with one attached hydrogen (secondary N) is 1. The van der Waals surface area contributed by atoms with E-state index in [2.05, 4.69) is 19.2 Å². The minimum absolute atomic E-state index is 1.04. The van der Waals surface area contributed by atoms with Gasteiger partial charge in [0.15, 0.2) is 0 Å². The van der Waals surface area contributed by atoms with E-state index in [1.165, 1.54) is 5.92 Å². The summed E-state index contributed by atoms with van der Waals surface area (Å²) in [6.07, 6.45) is 0. The van der Waals surface area contributed by atoms with E-state index in [0.29, 0.717) is 0 Å². The van der Waals surface area contributed by atoms with E-state index >= 15 is 0 Å². The van der Waals surface area contributed by atoms with Crippen molar-refractivity contribution in [2.75, 3.05) is 13.6 Å². The zero-order valence-corrected chi connectivity index (χ0v) is 4.71. The van der Waals surface area contributed by atoms with Crippen molar-refractivity contribution in [3.05, 3.63) is 5.92 Å². The first-order chi connectivity index (χ1) is 2.77. The van der Waals surface area contributed by atoms with Crippen LogP contribution in [0.5, 0.6) is 0 Å². The second kappa shape index (κ2) is 3.16. The molecule has 1 N–H and O–H groups in total. The van der Waals surface area contributed by atoms with Crippen LogP contribution in [0.1, 0.15) is 13.8 Å². The van der Waals surface area contributed by atoms with E-state index in [0.717, 1.165) is 6.54 Å². The van der Waals surface area contributed by atoms with Crippen molar-refractivity contribution in [1.29, 1.82) is 0 Å². The zero-order chi connectivity index (χ0) is 4.99. The van der Waals surface area contributed by atoms with Gasteiger partial charge in [-0.1, -0.05) is 13.8 Å². The van der Waals surface area contributed by atoms with Gasteiger partial charge in [0.05, 0.1) is 0 Å². The largest absolute Gasteiger partial charge is 0.319 e. The van der Waals surface area contributed by atoms with Gasteiger partial charge in [0.2, 0.25) is 0 Å². The lowest BCUT2D eigenvalue weighted by molar-refractivity contribution is 0.802. The Hall–Kier alpha value is -0.0400. The smallest absolute Gasteiger partial charge is 0.000510 e. The quantitative estimate of drug-likeness (QED) is 0.524. The molecule has 1 nitrogen and oxygen atoms in total. The van der Waals surface area contributed by atoms with Crippen LogP contribution < -0.4 is 5.32 Å². The van der Waals surface area contributed by atoms with Crippen LogP contribution in [0.25, 0.3) is 0 Å². The highest BCUT2D eigenvalue weighted by Gasteiger charge is 1.85. The summed E-state index contributed by atoms with van der Waals surface area (Å²) in [6.45, 7) is 5.26. The first-order valence-corrected chi connectivity index (χ1v) is 2.21. The molecule has 0 heterocycles. The Balaban J connectivity index is 2.63. The molecule has 6 heavy (non-hydrogen) atoms. The molecule has 0 aliphatic heterocycles. The minimum atomic E-state index is 1.04. The second-order valence-electron chi connectivity index (χ2n) is 1.74. The lowest BCUT2D eigenvalue weighted by Crippen LogP contribution is -2.11. The van der Waals surface area contributed by atoms with Crippen molar-refractivity contribution in [2.45, 2.75) is 13.8 Å². The lowest BCUT2D eigenvalue weighted by Gasteiger charge is -1.97. The van der Waals surface area contributed by atoms with Crippen molar-refractivity contribution in [3.63, 3.8) is 0 Å². The van der Waals surface area contributed by atoms with Gasteiger partial charge in [-0.3, -0.25) is 0 Å². The van der Waals surface area contributed by atoms with Gasteiger partial charge >= 0.3 is 0 Å². The van der Waals surface area contributed by atoms with Crippen LogP contribution >= 0.6 is 0 Å². The van der Waals surface area contributed by atoms with Crippen molar-refractivity contribution < 1.29 is 0 Å². The van der Waals surface area contributed by atoms with Crippen molar-refractivity contribution >= 4 is 0 Å². The van der Waals surface area contributed by atoms with Gasteiger partial charge in [0.25, 0.3) is 0 Å². The monoisotopic (exact) mass is 86.1 g/mol. The fourth-order valence-corrected chi connectivity index (χ4v) is 0.354. The van der Waals surface area contributed by atoms with Crippen molar-refractivity contribution in [3.8, 4) is 0 Å². The Morgan fingerprint density at radius 2 is 2.00 bits per heavy atom. The topological polar surface area (TPSA) is 12.0 Å². The van der Waals surface area contributed by atoms with E-state index in [9.17, 15) is 0 Å². The fourth-order valence-electron chi connectivity index (χ4n) is 0.354. The molecule has 0 spiro atoms. The van der Waals surface area contributed by atoms with E-state index in [1.807, 2.05) is 7.05 Å². The van der Waals surface area contributed by atoms with E-state index in [-0.39, 0.29) is 0 Å². The van der Waals surface area contributed by atoms with Crippen LogP contribution in [0.4, 0.5) is 0 Å². The molecule has 0 fully saturated rings. The molecule has 1 heteroatoms. The molecule has 0 bridgehead atoms. The molecule has 0 aromatic carbocycles. The average molecular weight is 86.2 g/mol. The highest BCUT2D eigenvalue weighted by atomic mass is 14.8.